The van der Waals surface area contributed by atoms with E-state index in [-0.39, 0.29) is 6.04 Å². The number of hydrogen-bond donors (Lipinski definition) is 1. The fourth-order valence-corrected chi connectivity index (χ4v) is 3.94. The fourth-order valence-electron chi connectivity index (χ4n) is 3.94. The number of nitrogens with zero attached hydrogens (tertiary/aromatic N) is 3. The second kappa shape index (κ2) is 5.34. The second-order valence-electron chi connectivity index (χ2n) is 6.38. The summed E-state index contributed by atoms with van der Waals surface area (Å²) in [6.45, 7) is 0. The van der Waals surface area contributed by atoms with Crippen LogP contribution in [0.25, 0.3) is 5.70 Å². The highest BCUT2D eigenvalue weighted by Gasteiger charge is 2.32. The monoisotopic (exact) mass is 314 g/mol. The molecule has 1 aliphatic carbocycles. The fraction of sp³-hybridized carbons (Fsp3) is 0.200. The van der Waals surface area contributed by atoms with E-state index in [0.29, 0.717) is 0 Å². The van der Waals surface area contributed by atoms with Crippen molar-refractivity contribution in [1.82, 2.24) is 14.8 Å². The molecule has 0 amide bonds. The van der Waals surface area contributed by atoms with Crippen LogP contribution in [0.4, 0.5) is 5.95 Å². The largest absolute Gasteiger partial charge is 0.324 e. The molecule has 0 bridgehead atoms. The van der Waals surface area contributed by atoms with E-state index >= 15 is 0 Å². The van der Waals surface area contributed by atoms with Crippen molar-refractivity contribution in [2.75, 3.05) is 5.32 Å². The van der Waals surface area contributed by atoms with Gasteiger partial charge in [0, 0.05) is 5.56 Å². The molecule has 1 aromatic heterocycles. The van der Waals surface area contributed by atoms with Gasteiger partial charge in [-0.2, -0.15) is 10.1 Å². The van der Waals surface area contributed by atoms with E-state index in [1.807, 2.05) is 4.68 Å². The maximum Gasteiger partial charge on any atom is 0.226 e. The van der Waals surface area contributed by atoms with Crippen molar-refractivity contribution in [3.05, 3.63) is 83.2 Å². The third-order valence-electron chi connectivity index (χ3n) is 5.00. The van der Waals surface area contributed by atoms with Crippen molar-refractivity contribution in [1.29, 1.82) is 0 Å². The van der Waals surface area contributed by atoms with Crippen molar-refractivity contribution in [2.24, 2.45) is 0 Å². The Balaban J connectivity index is 1.76. The van der Waals surface area contributed by atoms with Gasteiger partial charge in [0.05, 0.1) is 5.70 Å². The van der Waals surface area contributed by atoms with Crippen LogP contribution in [0.5, 0.6) is 0 Å². The molecule has 118 valence electrons. The zero-order valence-corrected chi connectivity index (χ0v) is 13.3. The molecule has 0 saturated carbocycles. The first-order chi connectivity index (χ1) is 11.9. The predicted octanol–water partition coefficient (Wildman–Crippen LogP) is 4.04. The summed E-state index contributed by atoms with van der Waals surface area (Å²) in [5.41, 5.74) is 6.61. The average Bonchev–Trinajstić information content (AvgIpc) is 3.02. The van der Waals surface area contributed by atoms with Gasteiger partial charge in [0.15, 0.2) is 0 Å². The van der Waals surface area contributed by atoms with Gasteiger partial charge in [-0.15, -0.1) is 0 Å². The molecule has 2 heterocycles. The summed E-state index contributed by atoms with van der Waals surface area (Å²) in [5, 5.41) is 8.04. The summed E-state index contributed by atoms with van der Waals surface area (Å²) in [4.78, 5) is 4.43. The summed E-state index contributed by atoms with van der Waals surface area (Å²) in [5.74, 6) is 0.819. The number of aryl methyl sites for hydroxylation is 1. The van der Waals surface area contributed by atoms with Gasteiger partial charge in [0.25, 0.3) is 0 Å². The molecule has 4 heteroatoms. The minimum Gasteiger partial charge on any atom is -0.324 e. The standard InChI is InChI=1S/C20H18N4/c1-2-8-15(9-3-1)19-17-12-6-10-14-7-4-5-11-16(14)18(17)23-20-21-13-22-24(19)20/h1-5,7-9,11,13,19H,6,10,12H2,(H,21,22,23)/t19-/m1/s1. The number of nitrogens with one attached hydrogen (secondary N) is 1. The Bertz CT molecular complexity index is 924. The number of rotatable bonds is 1. The Kier molecular flexibility index (Phi) is 3.01. The Morgan fingerprint density at radius 2 is 1.79 bits per heavy atom. The maximum absolute atomic E-state index is 4.50. The molecule has 0 saturated heterocycles. The van der Waals surface area contributed by atoms with Crippen LogP contribution in [0, 0.1) is 0 Å². The topological polar surface area (TPSA) is 42.7 Å². The van der Waals surface area contributed by atoms with Gasteiger partial charge < -0.3 is 5.32 Å². The van der Waals surface area contributed by atoms with Gasteiger partial charge in [-0.25, -0.2) is 4.68 Å². The van der Waals surface area contributed by atoms with E-state index in [0.717, 1.165) is 25.2 Å². The van der Waals surface area contributed by atoms with Gasteiger partial charge in [-0.05, 0) is 36.0 Å². The van der Waals surface area contributed by atoms with Crippen molar-refractivity contribution in [3.8, 4) is 0 Å². The van der Waals surface area contributed by atoms with E-state index in [1.54, 1.807) is 6.33 Å². The molecule has 0 spiro atoms. The maximum atomic E-state index is 4.50. The van der Waals surface area contributed by atoms with Crippen molar-refractivity contribution >= 4 is 11.6 Å². The smallest absolute Gasteiger partial charge is 0.226 e. The number of allylic oxidation sites excluding steroid dienone is 1. The lowest BCUT2D eigenvalue weighted by Gasteiger charge is -2.30. The van der Waals surface area contributed by atoms with Crippen LogP contribution in [-0.4, -0.2) is 14.8 Å². The SMILES string of the molecule is c1ccc([C@@H]2C3=C(Nc4ncnn42)c2ccccc2CCC3)cc1. The van der Waals surface area contributed by atoms with Crippen molar-refractivity contribution in [2.45, 2.75) is 25.3 Å². The van der Waals surface area contributed by atoms with Crippen LogP contribution >= 0.6 is 0 Å². The Labute approximate surface area is 140 Å². The summed E-state index contributed by atoms with van der Waals surface area (Å²) >= 11 is 0. The molecule has 3 aromatic rings. The van der Waals surface area contributed by atoms with Gasteiger partial charge in [0.2, 0.25) is 5.95 Å². The van der Waals surface area contributed by atoms with E-state index in [2.05, 4.69) is 70.0 Å². The number of anilines is 1. The highest BCUT2D eigenvalue weighted by atomic mass is 15.4. The van der Waals surface area contributed by atoms with E-state index in [9.17, 15) is 0 Å². The number of fused-ring (bicyclic) bond motifs is 3. The molecule has 1 atom stereocenters. The molecular formula is C20H18N4. The Morgan fingerprint density at radius 3 is 2.71 bits per heavy atom. The lowest BCUT2D eigenvalue weighted by molar-refractivity contribution is 0.562. The van der Waals surface area contributed by atoms with Crippen LogP contribution in [-0.2, 0) is 6.42 Å². The first-order valence-corrected chi connectivity index (χ1v) is 8.44. The summed E-state index contributed by atoms with van der Waals surface area (Å²) < 4.78 is 2.02. The summed E-state index contributed by atoms with van der Waals surface area (Å²) in [7, 11) is 0. The van der Waals surface area contributed by atoms with Crippen LogP contribution < -0.4 is 5.32 Å². The van der Waals surface area contributed by atoms with Crippen LogP contribution in [0.15, 0.2) is 66.5 Å². The highest BCUT2D eigenvalue weighted by Crippen LogP contribution is 2.42. The third-order valence-corrected chi connectivity index (χ3v) is 5.00. The Hall–Kier alpha value is -2.88. The van der Waals surface area contributed by atoms with E-state index < -0.39 is 0 Å². The highest BCUT2D eigenvalue weighted by molar-refractivity contribution is 5.82. The molecule has 4 nitrogen and oxygen atoms in total. The molecule has 24 heavy (non-hydrogen) atoms. The van der Waals surface area contributed by atoms with Crippen LogP contribution in [0.1, 0.15) is 35.6 Å². The number of benzene rings is 2. The number of hydrogen-bond acceptors (Lipinski definition) is 3. The van der Waals surface area contributed by atoms with Gasteiger partial charge in [-0.1, -0.05) is 54.6 Å². The second-order valence-corrected chi connectivity index (χ2v) is 6.38. The van der Waals surface area contributed by atoms with E-state index in [1.165, 1.54) is 28.0 Å². The molecular weight excluding hydrogens is 296 g/mol. The zero-order valence-electron chi connectivity index (χ0n) is 13.3. The summed E-state index contributed by atoms with van der Waals surface area (Å²) in [6.07, 6.45) is 4.97. The quantitative estimate of drug-likeness (QED) is 0.737. The van der Waals surface area contributed by atoms with Crippen molar-refractivity contribution < 1.29 is 0 Å². The Morgan fingerprint density at radius 1 is 0.958 bits per heavy atom. The minimum atomic E-state index is 0.117. The molecule has 1 aliphatic heterocycles. The molecule has 0 fully saturated rings. The predicted molar refractivity (Wildman–Crippen MR) is 94.5 cm³/mol. The average molecular weight is 314 g/mol. The molecule has 2 aromatic carbocycles. The first kappa shape index (κ1) is 13.5. The van der Waals surface area contributed by atoms with Crippen molar-refractivity contribution in [3.63, 3.8) is 0 Å². The molecule has 2 aliphatic rings. The lowest BCUT2D eigenvalue weighted by Crippen LogP contribution is -2.24. The normalized spacial score (nSPS) is 18.9. The molecule has 0 radical (unpaired) electrons. The zero-order chi connectivity index (χ0) is 15.9. The first-order valence-electron chi connectivity index (χ1n) is 8.44. The third kappa shape index (κ3) is 1.99. The minimum absolute atomic E-state index is 0.117. The van der Waals surface area contributed by atoms with Gasteiger partial charge >= 0.3 is 0 Å². The molecule has 0 unspecified atom stereocenters. The van der Waals surface area contributed by atoms with Crippen LogP contribution in [0.3, 0.4) is 0 Å². The molecule has 5 rings (SSSR count). The lowest BCUT2D eigenvalue weighted by atomic mass is 9.91. The molecule has 1 N–H and O–H groups in total. The number of aromatic nitrogens is 3. The van der Waals surface area contributed by atoms with Crippen LogP contribution in [0.2, 0.25) is 0 Å². The van der Waals surface area contributed by atoms with Gasteiger partial charge in [-0.3, -0.25) is 0 Å². The van der Waals surface area contributed by atoms with E-state index in [4.69, 9.17) is 0 Å². The summed E-state index contributed by atoms with van der Waals surface area (Å²) in [6, 6.07) is 19.4. The van der Waals surface area contributed by atoms with Gasteiger partial charge in [0.1, 0.15) is 12.4 Å².